The third-order valence-electron chi connectivity index (χ3n) is 5.17. The van der Waals surface area contributed by atoms with Crippen molar-refractivity contribution in [1.29, 1.82) is 0 Å². The Kier molecular flexibility index (Phi) is 4.79. The van der Waals surface area contributed by atoms with Crippen LogP contribution in [0.5, 0.6) is 0 Å². The van der Waals surface area contributed by atoms with Crippen LogP contribution in [0.15, 0.2) is 11.6 Å². The zero-order chi connectivity index (χ0) is 15.8. The first-order valence-electron chi connectivity index (χ1n) is 7.76. The van der Waals surface area contributed by atoms with Gasteiger partial charge in [0.25, 0.3) is 0 Å². The number of ether oxygens (including phenoxy) is 1. The molecule has 2 radical (unpaired) electrons. The lowest BCUT2D eigenvalue weighted by Crippen LogP contribution is -2.56. The van der Waals surface area contributed by atoms with Gasteiger partial charge in [-0.1, -0.05) is 19.9 Å². The van der Waals surface area contributed by atoms with Crippen molar-refractivity contribution in [3.8, 4) is 0 Å². The molecule has 1 saturated carbocycles. The molecule has 2 aliphatic carbocycles. The monoisotopic (exact) mass is 294 g/mol. The molecular weight excluding hydrogens is 268 g/mol. The molecule has 4 heteroatoms. The van der Waals surface area contributed by atoms with E-state index in [-0.39, 0.29) is 36.2 Å². The van der Waals surface area contributed by atoms with Gasteiger partial charge >= 0.3 is 5.97 Å². The fraction of sp³-hybridized carbons (Fsp3) is 0.765. The number of esters is 1. The van der Waals surface area contributed by atoms with Gasteiger partial charge in [0.1, 0.15) is 6.10 Å². The third kappa shape index (κ3) is 3.02. The Morgan fingerprint density at radius 1 is 1.57 bits per heavy atom. The predicted molar refractivity (Wildman–Crippen MR) is 79.1 cm³/mol. The van der Waals surface area contributed by atoms with Crippen LogP contribution in [-0.4, -0.2) is 34.5 Å². The van der Waals surface area contributed by atoms with Crippen LogP contribution in [0.4, 0.5) is 0 Å². The number of aliphatic hydroxyl groups excluding tert-OH is 1. The fourth-order valence-electron chi connectivity index (χ4n) is 3.74. The van der Waals surface area contributed by atoms with Crippen LogP contribution in [0.2, 0.25) is 0 Å². The topological polar surface area (TPSA) is 66.8 Å². The van der Waals surface area contributed by atoms with Crippen LogP contribution in [0, 0.1) is 30.1 Å². The molecule has 0 heterocycles. The minimum Gasteiger partial charge on any atom is -0.457 e. The highest BCUT2D eigenvalue weighted by Gasteiger charge is 2.53. The lowest BCUT2D eigenvalue weighted by molar-refractivity contribution is -0.148. The van der Waals surface area contributed by atoms with Gasteiger partial charge in [0.2, 0.25) is 0 Å². The average Bonchev–Trinajstić information content (AvgIpc) is 2.41. The number of hydrogen-bond acceptors (Lipinski definition) is 4. The van der Waals surface area contributed by atoms with E-state index in [2.05, 4.69) is 6.42 Å². The van der Waals surface area contributed by atoms with E-state index < -0.39 is 11.7 Å². The van der Waals surface area contributed by atoms with E-state index in [1.165, 1.54) is 6.92 Å². The van der Waals surface area contributed by atoms with E-state index in [0.717, 1.165) is 18.4 Å². The summed E-state index contributed by atoms with van der Waals surface area (Å²) < 4.78 is 5.26. The summed E-state index contributed by atoms with van der Waals surface area (Å²) in [4.78, 5) is 11.2. The highest BCUT2D eigenvalue weighted by molar-refractivity contribution is 5.66. The minimum absolute atomic E-state index is 0.0621. The van der Waals surface area contributed by atoms with Crippen molar-refractivity contribution in [2.75, 3.05) is 6.61 Å². The van der Waals surface area contributed by atoms with E-state index in [1.54, 1.807) is 0 Å². The Bertz CT molecular complexity index is 431. The molecule has 0 unspecified atom stereocenters. The van der Waals surface area contributed by atoms with Gasteiger partial charge in [-0.15, -0.1) is 0 Å². The summed E-state index contributed by atoms with van der Waals surface area (Å²) in [5, 5.41) is 20.6. The molecule has 6 atom stereocenters. The smallest absolute Gasteiger partial charge is 0.303 e. The second-order valence-electron chi connectivity index (χ2n) is 6.70. The van der Waals surface area contributed by atoms with Crippen molar-refractivity contribution >= 4 is 5.97 Å². The molecule has 0 aromatic heterocycles. The highest BCUT2D eigenvalue weighted by atomic mass is 16.5. The lowest BCUT2D eigenvalue weighted by Gasteiger charge is -2.52. The second-order valence-corrected chi connectivity index (χ2v) is 6.70. The molecule has 2 N–H and O–H groups in total. The largest absolute Gasteiger partial charge is 0.457 e. The molecule has 0 spiro atoms. The molecule has 0 aromatic carbocycles. The molecule has 1 fully saturated rings. The normalized spacial score (nSPS) is 41.0. The molecule has 0 bridgehead atoms. The van der Waals surface area contributed by atoms with Crippen molar-refractivity contribution in [2.45, 2.75) is 52.2 Å². The molecule has 21 heavy (non-hydrogen) atoms. The first-order valence-corrected chi connectivity index (χ1v) is 7.76. The van der Waals surface area contributed by atoms with Crippen molar-refractivity contribution in [1.82, 2.24) is 0 Å². The first kappa shape index (κ1) is 16.5. The minimum atomic E-state index is -1.09. The molecule has 0 saturated heterocycles. The van der Waals surface area contributed by atoms with E-state index in [1.807, 2.05) is 26.8 Å². The summed E-state index contributed by atoms with van der Waals surface area (Å²) in [5.41, 5.74) is -0.185. The lowest BCUT2D eigenvalue weighted by atomic mass is 9.57. The number of hydrogen-bond donors (Lipinski definition) is 2. The van der Waals surface area contributed by atoms with Crippen molar-refractivity contribution in [2.24, 2.45) is 23.7 Å². The van der Waals surface area contributed by atoms with Gasteiger partial charge in [-0.05, 0) is 43.1 Å². The summed E-state index contributed by atoms with van der Waals surface area (Å²) in [6, 6.07) is 0. The maximum atomic E-state index is 11.2. The molecule has 0 aromatic rings. The Morgan fingerprint density at radius 3 is 2.81 bits per heavy atom. The van der Waals surface area contributed by atoms with Gasteiger partial charge in [0, 0.05) is 19.4 Å². The summed E-state index contributed by atoms with van der Waals surface area (Å²) in [5.74, 6) is -0.0321. The maximum absolute atomic E-state index is 11.2. The summed E-state index contributed by atoms with van der Waals surface area (Å²) in [6.45, 7) is 7.42. The van der Waals surface area contributed by atoms with Gasteiger partial charge in [-0.3, -0.25) is 4.79 Å². The van der Waals surface area contributed by atoms with Gasteiger partial charge < -0.3 is 14.9 Å². The number of rotatable bonds is 3. The Hall–Kier alpha value is -0.870. The van der Waals surface area contributed by atoms with E-state index in [4.69, 9.17) is 4.74 Å². The number of aliphatic hydroxyl groups is 2. The fourth-order valence-corrected chi connectivity index (χ4v) is 3.74. The number of carbonyl (C=O) groups is 1. The molecule has 2 aliphatic rings. The van der Waals surface area contributed by atoms with Crippen LogP contribution in [0.1, 0.15) is 40.5 Å². The van der Waals surface area contributed by atoms with Crippen LogP contribution in [-0.2, 0) is 9.53 Å². The van der Waals surface area contributed by atoms with Crippen molar-refractivity contribution < 1.29 is 19.7 Å². The average molecular weight is 294 g/mol. The molecule has 4 nitrogen and oxygen atoms in total. The second kappa shape index (κ2) is 6.09. The van der Waals surface area contributed by atoms with Crippen molar-refractivity contribution in [3.63, 3.8) is 0 Å². The predicted octanol–water partition coefficient (Wildman–Crippen LogP) is 1.98. The van der Waals surface area contributed by atoms with E-state index in [0.29, 0.717) is 0 Å². The summed E-state index contributed by atoms with van der Waals surface area (Å²) in [7, 11) is 0. The molecular formula is C17H26O4. The van der Waals surface area contributed by atoms with Crippen molar-refractivity contribution in [3.05, 3.63) is 18.1 Å². The maximum Gasteiger partial charge on any atom is 0.303 e. The van der Waals surface area contributed by atoms with Crippen LogP contribution in [0.25, 0.3) is 0 Å². The molecule has 0 aliphatic heterocycles. The van der Waals surface area contributed by atoms with Gasteiger partial charge in [-0.2, -0.15) is 0 Å². The zero-order valence-corrected chi connectivity index (χ0v) is 13.3. The first-order chi connectivity index (χ1) is 9.79. The van der Waals surface area contributed by atoms with Gasteiger partial charge in [0.15, 0.2) is 0 Å². The highest BCUT2D eigenvalue weighted by Crippen LogP contribution is 2.50. The summed E-state index contributed by atoms with van der Waals surface area (Å²) in [6.07, 6.45) is 6.45. The Labute approximate surface area is 127 Å². The molecule has 118 valence electrons. The Balaban J connectivity index is 2.33. The van der Waals surface area contributed by atoms with E-state index >= 15 is 0 Å². The third-order valence-corrected chi connectivity index (χ3v) is 5.17. The van der Waals surface area contributed by atoms with Crippen LogP contribution in [0.3, 0.4) is 0 Å². The van der Waals surface area contributed by atoms with Gasteiger partial charge in [-0.25, -0.2) is 0 Å². The Morgan fingerprint density at radius 2 is 2.24 bits per heavy atom. The van der Waals surface area contributed by atoms with E-state index in [9.17, 15) is 15.0 Å². The zero-order valence-electron chi connectivity index (χ0n) is 13.3. The quantitative estimate of drug-likeness (QED) is 0.617. The standard InChI is InChI=1S/C17H26O4/c1-10-7-15-14(11(2)9-18)6-5-12(3)17(15,20)8-16(10)21-13(4)19/h7,11-12,14-16,18,20H,5-6,9H2,1-4H3/t11-,12-,14+,15-,16-,17-/m1/s1. The number of fused-ring (bicyclic) bond motifs is 1. The SMILES string of the molecule is CC(=O)O[C@@H]1[C][C@@]2(O)[C@H](C)CC[C@@H]([C@H](C)CO)[C@H]2C=C1C. The van der Waals surface area contributed by atoms with Crippen LogP contribution >= 0.6 is 0 Å². The summed E-state index contributed by atoms with van der Waals surface area (Å²) >= 11 is 0. The van der Waals surface area contributed by atoms with Crippen LogP contribution < -0.4 is 0 Å². The molecule has 0 amide bonds. The molecule has 2 rings (SSSR count). The van der Waals surface area contributed by atoms with Gasteiger partial charge in [0.05, 0.1) is 12.0 Å². The number of carbonyl (C=O) groups excluding carboxylic acids is 1.